The molecular weight excluding hydrogens is 340 g/mol. The van der Waals surface area contributed by atoms with Gasteiger partial charge in [0.1, 0.15) is 17.6 Å². The van der Waals surface area contributed by atoms with Crippen LogP contribution in [0.25, 0.3) is 0 Å². The first-order chi connectivity index (χ1) is 12.1. The van der Waals surface area contributed by atoms with Gasteiger partial charge in [-0.3, -0.25) is 14.4 Å². The number of hydrogen-bond donors (Lipinski definition) is 2. The summed E-state index contributed by atoms with van der Waals surface area (Å²) in [5.41, 5.74) is -3.80. The Morgan fingerprint density at radius 2 is 2.08 bits per heavy atom. The molecule has 6 rings (SSSR count). The van der Waals surface area contributed by atoms with Crippen molar-refractivity contribution in [3.05, 3.63) is 12.2 Å². The molecule has 4 bridgehead atoms. The van der Waals surface area contributed by atoms with Crippen LogP contribution in [0.3, 0.4) is 0 Å². The van der Waals surface area contributed by atoms with Crippen molar-refractivity contribution in [1.29, 1.82) is 0 Å². The van der Waals surface area contributed by atoms with Crippen LogP contribution in [0.5, 0.6) is 0 Å². The zero-order valence-corrected chi connectivity index (χ0v) is 14.4. The molecular formula is C19H20O7. The van der Waals surface area contributed by atoms with E-state index in [0.29, 0.717) is 24.8 Å². The van der Waals surface area contributed by atoms with E-state index in [-0.39, 0.29) is 12.2 Å². The monoisotopic (exact) mass is 360 g/mol. The van der Waals surface area contributed by atoms with E-state index in [0.717, 1.165) is 0 Å². The molecule has 0 radical (unpaired) electrons. The van der Waals surface area contributed by atoms with Crippen molar-refractivity contribution in [2.24, 2.45) is 28.6 Å². The molecule has 2 N–H and O–H groups in total. The zero-order chi connectivity index (χ0) is 18.4. The van der Waals surface area contributed by atoms with Gasteiger partial charge in [-0.2, -0.15) is 0 Å². The van der Waals surface area contributed by atoms with Crippen LogP contribution < -0.4 is 0 Å². The molecule has 7 nitrogen and oxygen atoms in total. The number of rotatable bonds is 1. The van der Waals surface area contributed by atoms with Gasteiger partial charge in [0, 0.05) is 11.8 Å². The van der Waals surface area contributed by atoms with Crippen molar-refractivity contribution in [2.75, 3.05) is 0 Å². The first-order valence-electron chi connectivity index (χ1n) is 9.19. The Bertz CT molecular complexity index is 849. The molecule has 26 heavy (non-hydrogen) atoms. The van der Waals surface area contributed by atoms with Crippen molar-refractivity contribution in [3.8, 4) is 0 Å². The van der Waals surface area contributed by atoms with Gasteiger partial charge in [0.15, 0.2) is 5.60 Å². The minimum atomic E-state index is -1.43. The van der Waals surface area contributed by atoms with Crippen molar-refractivity contribution >= 4 is 17.7 Å². The summed E-state index contributed by atoms with van der Waals surface area (Å²) in [5.74, 6) is -3.92. The molecule has 0 aromatic rings. The lowest BCUT2D eigenvalue weighted by molar-refractivity contribution is -0.171. The van der Waals surface area contributed by atoms with Gasteiger partial charge in [-0.25, -0.2) is 0 Å². The predicted octanol–water partition coefficient (Wildman–Crippen LogP) is 0.446. The molecule has 6 aliphatic rings. The zero-order valence-electron chi connectivity index (χ0n) is 14.4. The molecule has 0 aromatic heterocycles. The van der Waals surface area contributed by atoms with Crippen LogP contribution in [0, 0.1) is 28.6 Å². The van der Waals surface area contributed by atoms with E-state index < -0.39 is 63.9 Å². The smallest absolute Gasteiger partial charge is 0.316 e. The first kappa shape index (κ1) is 15.3. The second-order valence-corrected chi connectivity index (χ2v) is 9.41. The van der Waals surface area contributed by atoms with Crippen molar-refractivity contribution < 1.29 is 34.1 Å². The average Bonchev–Trinajstić information content (AvgIpc) is 3.24. The number of Topliss-reactive ketones (excluding diaryl/α,β-unsaturated/α-hetero) is 1. The largest absolute Gasteiger partial charge is 0.481 e. The molecule has 2 aliphatic heterocycles. The molecule has 4 saturated carbocycles. The van der Waals surface area contributed by atoms with Gasteiger partial charge in [0.2, 0.25) is 5.78 Å². The Kier molecular flexibility index (Phi) is 2.23. The minimum absolute atomic E-state index is 0.271. The van der Waals surface area contributed by atoms with Crippen LogP contribution in [0.4, 0.5) is 0 Å². The number of aliphatic hydroxyl groups is 1. The maximum atomic E-state index is 13.3. The third-order valence-electron chi connectivity index (χ3n) is 8.63. The van der Waals surface area contributed by atoms with Crippen LogP contribution >= 0.6 is 0 Å². The summed E-state index contributed by atoms with van der Waals surface area (Å²) in [4.78, 5) is 38.6. The number of epoxide rings is 1. The second kappa shape index (κ2) is 3.78. The third kappa shape index (κ3) is 1.18. The third-order valence-corrected chi connectivity index (χ3v) is 8.63. The highest BCUT2D eigenvalue weighted by Gasteiger charge is 2.91. The summed E-state index contributed by atoms with van der Waals surface area (Å²) < 4.78 is 11.4. The van der Waals surface area contributed by atoms with E-state index in [4.69, 9.17) is 9.47 Å². The lowest BCUT2D eigenvalue weighted by Crippen LogP contribution is -2.57. The minimum Gasteiger partial charge on any atom is -0.481 e. The highest BCUT2D eigenvalue weighted by Crippen LogP contribution is 2.79. The fourth-order valence-electron chi connectivity index (χ4n) is 7.71. The van der Waals surface area contributed by atoms with Gasteiger partial charge in [0.05, 0.1) is 11.5 Å². The molecule has 0 unspecified atom stereocenters. The summed E-state index contributed by atoms with van der Waals surface area (Å²) in [5, 5.41) is 21.2. The maximum absolute atomic E-state index is 13.3. The molecule has 9 atom stereocenters. The fraction of sp³-hybridized carbons (Fsp3) is 0.737. The van der Waals surface area contributed by atoms with Crippen LogP contribution in [0.2, 0.25) is 0 Å². The summed E-state index contributed by atoms with van der Waals surface area (Å²) in [7, 11) is 0. The second-order valence-electron chi connectivity index (χ2n) is 9.41. The lowest BCUT2D eigenvalue weighted by Gasteiger charge is -2.44. The highest BCUT2D eigenvalue weighted by atomic mass is 16.6. The number of hydrogen-bond acceptors (Lipinski definition) is 6. The number of esters is 1. The molecule has 7 heteroatoms. The SMILES string of the molecule is C=C1C[C@]23C[C@@]1(O)CC[C@H]2[C@@]12OC(=O)[C@@](C)([C@H]1[C@@H]3C(=O)O)[C@H]1O[C@H]1C2=O. The number of ether oxygens (including phenoxy) is 2. The number of carboxylic acids is 1. The predicted molar refractivity (Wildman–Crippen MR) is 83.7 cm³/mol. The van der Waals surface area contributed by atoms with Crippen molar-refractivity contribution in [2.45, 2.75) is 56.0 Å². The van der Waals surface area contributed by atoms with Crippen LogP contribution in [0.1, 0.15) is 32.6 Å². The summed E-state index contributed by atoms with van der Waals surface area (Å²) in [6.07, 6.45) is 0.233. The van der Waals surface area contributed by atoms with Crippen LogP contribution in [-0.2, 0) is 23.9 Å². The van der Waals surface area contributed by atoms with E-state index in [1.54, 1.807) is 6.92 Å². The van der Waals surface area contributed by atoms with Crippen LogP contribution in [-0.4, -0.2) is 51.3 Å². The molecule has 0 amide bonds. The van der Waals surface area contributed by atoms with Gasteiger partial charge in [0.25, 0.3) is 0 Å². The number of carbonyl (C=O) groups is 3. The lowest BCUT2D eigenvalue weighted by atomic mass is 9.60. The van der Waals surface area contributed by atoms with E-state index in [9.17, 15) is 24.6 Å². The Morgan fingerprint density at radius 1 is 1.35 bits per heavy atom. The number of ketones is 1. The summed E-state index contributed by atoms with van der Waals surface area (Å²) in [6, 6.07) is 0. The average molecular weight is 360 g/mol. The van der Waals surface area contributed by atoms with Gasteiger partial charge in [-0.15, -0.1) is 0 Å². The normalized spacial score (nSPS) is 61.0. The fourth-order valence-corrected chi connectivity index (χ4v) is 7.71. The quantitative estimate of drug-likeness (QED) is 0.396. The van der Waals surface area contributed by atoms with Gasteiger partial charge < -0.3 is 19.7 Å². The van der Waals surface area contributed by atoms with Crippen molar-refractivity contribution in [1.82, 2.24) is 0 Å². The molecule has 0 aromatic carbocycles. The maximum Gasteiger partial charge on any atom is 0.316 e. The number of fused-ring (bicyclic) bond motifs is 3. The standard InChI is InChI=1S/C19H20O7/c1-7-5-17-6-18(7,24)4-3-8(17)19-11(9(17)14(21)22)16(2,15(23)26-19)13-10(25-13)12(19)20/h8-11,13,24H,1,3-6H2,2H3,(H,21,22)/t8-,9-,10+,11-,13+,16+,17+,18+,19-/m1/s1. The molecule has 6 fully saturated rings. The van der Waals surface area contributed by atoms with Crippen LogP contribution in [0.15, 0.2) is 12.2 Å². The molecule has 1 spiro atoms. The molecule has 4 aliphatic carbocycles. The summed E-state index contributed by atoms with van der Waals surface area (Å²) >= 11 is 0. The molecule has 2 saturated heterocycles. The Morgan fingerprint density at radius 3 is 2.77 bits per heavy atom. The van der Waals surface area contributed by atoms with Gasteiger partial charge in [-0.05, 0) is 43.6 Å². The van der Waals surface area contributed by atoms with E-state index in [1.165, 1.54) is 0 Å². The van der Waals surface area contributed by atoms with E-state index >= 15 is 0 Å². The first-order valence-corrected chi connectivity index (χ1v) is 9.19. The number of carboxylic acid groups (broad SMARTS) is 1. The number of carbonyl (C=O) groups excluding carboxylic acids is 2. The highest BCUT2D eigenvalue weighted by molar-refractivity contribution is 6.05. The Balaban J connectivity index is 1.65. The van der Waals surface area contributed by atoms with E-state index in [2.05, 4.69) is 6.58 Å². The van der Waals surface area contributed by atoms with E-state index in [1.807, 2.05) is 0 Å². The molecule has 2 heterocycles. The van der Waals surface area contributed by atoms with Gasteiger partial charge in [-0.1, -0.05) is 6.58 Å². The topological polar surface area (TPSA) is 113 Å². The van der Waals surface area contributed by atoms with Gasteiger partial charge >= 0.3 is 11.9 Å². The molecule has 138 valence electrons. The Hall–Kier alpha value is -1.73. The Labute approximate surface area is 149 Å². The van der Waals surface area contributed by atoms with Crippen molar-refractivity contribution in [3.63, 3.8) is 0 Å². The summed E-state index contributed by atoms with van der Waals surface area (Å²) in [6.45, 7) is 5.70. The number of aliphatic carboxylic acids is 1.